The molecule has 2 aromatic heterocycles. The van der Waals surface area contributed by atoms with Gasteiger partial charge in [-0.1, -0.05) is 24.3 Å². The molecule has 38 heavy (non-hydrogen) atoms. The Balaban J connectivity index is 1.29. The zero-order chi connectivity index (χ0) is 26.2. The summed E-state index contributed by atoms with van der Waals surface area (Å²) in [5, 5.41) is 25.8. The minimum Gasteiger partial charge on any atom is -0.508 e. The van der Waals surface area contributed by atoms with Crippen molar-refractivity contribution >= 4 is 34.8 Å². The zero-order valence-corrected chi connectivity index (χ0v) is 19.7. The van der Waals surface area contributed by atoms with E-state index in [4.69, 9.17) is 20.3 Å². The highest BCUT2D eigenvalue weighted by Gasteiger charge is 2.21. The Morgan fingerprint density at radius 1 is 0.658 bits per heavy atom. The van der Waals surface area contributed by atoms with Crippen molar-refractivity contribution in [2.45, 2.75) is 0 Å². The van der Waals surface area contributed by atoms with Crippen LogP contribution in [0.4, 0.5) is 34.8 Å². The van der Waals surface area contributed by atoms with Gasteiger partial charge in [0, 0.05) is 34.6 Å². The quantitative estimate of drug-likeness (QED) is 0.166. The summed E-state index contributed by atoms with van der Waals surface area (Å²) in [5.41, 5.74) is 17.3. The van der Waals surface area contributed by atoms with Crippen molar-refractivity contribution in [1.29, 1.82) is 0 Å². The van der Waals surface area contributed by atoms with Crippen LogP contribution in [-0.2, 0) is 0 Å². The lowest BCUT2D eigenvalue weighted by atomic mass is 10.1. The zero-order valence-electron chi connectivity index (χ0n) is 19.7. The number of aromatic hydroxyl groups is 2. The summed E-state index contributed by atoms with van der Waals surface area (Å²) < 4.78 is 11.4. The maximum atomic E-state index is 9.81. The van der Waals surface area contributed by atoms with Gasteiger partial charge in [-0.05, 0) is 35.4 Å². The van der Waals surface area contributed by atoms with Gasteiger partial charge < -0.3 is 41.1 Å². The molecule has 0 amide bonds. The molecule has 8 N–H and O–H groups in total. The number of furan rings is 2. The molecule has 11 nitrogen and oxygen atoms in total. The highest BCUT2D eigenvalue weighted by Crippen LogP contribution is 2.41. The smallest absolute Gasteiger partial charge is 0.222 e. The molecule has 0 aliphatic carbocycles. The summed E-state index contributed by atoms with van der Waals surface area (Å²) in [7, 11) is 0. The normalized spacial score (nSPS) is 11.1. The lowest BCUT2D eigenvalue weighted by Gasteiger charge is -2.07. The number of rotatable bonds is 6. The largest absolute Gasteiger partial charge is 0.508 e. The van der Waals surface area contributed by atoms with Crippen LogP contribution in [0.5, 0.6) is 11.5 Å². The van der Waals surface area contributed by atoms with Crippen LogP contribution in [0.3, 0.4) is 0 Å². The molecule has 0 bridgehead atoms. The van der Waals surface area contributed by atoms with Crippen LogP contribution in [0.15, 0.2) is 88.6 Å². The van der Waals surface area contributed by atoms with Crippen molar-refractivity contribution in [2.75, 3.05) is 22.1 Å². The number of hydrogen-bond donors (Lipinski definition) is 6. The number of nitrogens with zero attached hydrogens (tertiary/aromatic N) is 3. The summed E-state index contributed by atoms with van der Waals surface area (Å²) in [6, 6.07) is 13.4. The summed E-state index contributed by atoms with van der Waals surface area (Å²) in [6.45, 7) is 0. The predicted octanol–water partition coefficient (Wildman–Crippen LogP) is 5.56. The maximum Gasteiger partial charge on any atom is 0.222 e. The fraction of sp³-hybridized carbons (Fsp3) is 0. The van der Waals surface area contributed by atoms with Crippen molar-refractivity contribution in [3.05, 3.63) is 79.8 Å². The van der Waals surface area contributed by atoms with Crippen LogP contribution in [0.2, 0.25) is 0 Å². The molecule has 11 heteroatoms. The topological polar surface area (TPSA) is 182 Å². The van der Waals surface area contributed by atoms with Gasteiger partial charge in [0.25, 0.3) is 0 Å². The van der Waals surface area contributed by atoms with E-state index in [1.165, 1.54) is 18.9 Å². The van der Waals surface area contributed by atoms with Crippen molar-refractivity contribution in [1.82, 2.24) is 15.0 Å². The van der Waals surface area contributed by atoms with Crippen LogP contribution < -0.4 is 22.1 Å². The number of phenolic OH excluding ortho intramolecular Hbond substituents is 2. The predicted molar refractivity (Wildman–Crippen MR) is 143 cm³/mol. The van der Waals surface area contributed by atoms with E-state index in [2.05, 4.69) is 25.6 Å². The molecule has 0 unspecified atom stereocenters. The van der Waals surface area contributed by atoms with E-state index in [0.717, 1.165) is 0 Å². The highest BCUT2D eigenvalue weighted by atomic mass is 16.3. The van der Waals surface area contributed by atoms with Gasteiger partial charge in [0.2, 0.25) is 11.8 Å². The monoisotopic (exact) mass is 507 g/mol. The minimum absolute atomic E-state index is 0.122. The Bertz CT molecular complexity index is 1620. The lowest BCUT2D eigenvalue weighted by molar-refractivity contribution is 0.475. The number of hydrogen-bond acceptors (Lipinski definition) is 11. The summed E-state index contributed by atoms with van der Waals surface area (Å²) >= 11 is 0. The number of fused-ring (bicyclic) bond motifs is 1. The highest BCUT2D eigenvalue weighted by molar-refractivity contribution is 5.91. The van der Waals surface area contributed by atoms with Crippen molar-refractivity contribution in [3.8, 4) is 44.9 Å². The van der Waals surface area contributed by atoms with E-state index in [-0.39, 0.29) is 23.3 Å². The second-order valence-electron chi connectivity index (χ2n) is 8.44. The Morgan fingerprint density at radius 3 is 1.58 bits per heavy atom. The van der Waals surface area contributed by atoms with Crippen LogP contribution >= 0.6 is 0 Å². The van der Waals surface area contributed by atoms with Crippen molar-refractivity contribution in [3.63, 3.8) is 0 Å². The van der Waals surface area contributed by atoms with Gasteiger partial charge in [0.1, 0.15) is 53.4 Å². The Labute approximate surface area is 215 Å². The summed E-state index contributed by atoms with van der Waals surface area (Å²) in [4.78, 5) is 13.1. The Morgan fingerprint density at radius 2 is 1.13 bits per heavy atom. The third kappa shape index (κ3) is 4.03. The number of nitrogens with one attached hydrogen (secondary N) is 2. The van der Waals surface area contributed by atoms with Crippen molar-refractivity contribution < 1.29 is 19.0 Å². The fourth-order valence-corrected chi connectivity index (χ4v) is 4.12. The number of benzene rings is 2. The van der Waals surface area contributed by atoms with Crippen LogP contribution in [0.25, 0.3) is 33.4 Å². The summed E-state index contributed by atoms with van der Waals surface area (Å²) in [5.74, 6) is 1.63. The van der Waals surface area contributed by atoms with Crippen LogP contribution in [-0.4, -0.2) is 25.2 Å². The first kappa shape index (κ1) is 22.7. The molecule has 0 saturated heterocycles. The molecule has 0 fully saturated rings. The van der Waals surface area contributed by atoms with Gasteiger partial charge >= 0.3 is 0 Å². The molecule has 4 aromatic rings. The third-order valence-electron chi connectivity index (χ3n) is 6.02. The van der Waals surface area contributed by atoms with E-state index in [1.54, 1.807) is 48.8 Å². The van der Waals surface area contributed by atoms with Gasteiger partial charge in [-0.15, -0.1) is 0 Å². The van der Waals surface area contributed by atoms with Crippen LogP contribution in [0, 0.1) is 0 Å². The lowest BCUT2D eigenvalue weighted by Crippen LogP contribution is -1.98. The van der Waals surface area contributed by atoms with E-state index in [9.17, 15) is 10.2 Å². The first-order chi connectivity index (χ1) is 18.5. The second kappa shape index (κ2) is 9.06. The molecule has 6 rings (SSSR count). The number of nitrogens with two attached hydrogens (primary N) is 2. The van der Waals surface area contributed by atoms with E-state index in [1.807, 2.05) is 12.1 Å². The van der Waals surface area contributed by atoms with Gasteiger partial charge in [-0.2, -0.15) is 0 Å². The number of nitrogen functional groups attached to an aromatic ring is 2. The molecular weight excluding hydrogens is 486 g/mol. The molecule has 0 saturated carbocycles. The van der Waals surface area contributed by atoms with Gasteiger partial charge in [-0.25, -0.2) is 9.97 Å². The van der Waals surface area contributed by atoms with Crippen LogP contribution in [0.1, 0.15) is 0 Å². The van der Waals surface area contributed by atoms with Crippen molar-refractivity contribution in [2.24, 2.45) is 0 Å². The molecule has 4 heterocycles. The third-order valence-corrected chi connectivity index (χ3v) is 6.02. The number of anilines is 6. The number of phenols is 2. The van der Waals surface area contributed by atoms with Gasteiger partial charge in [-0.3, -0.25) is 4.98 Å². The molecule has 188 valence electrons. The molecule has 2 aliphatic rings. The molecular formula is C27H21N7O4. The maximum absolute atomic E-state index is 9.81. The molecule has 2 aromatic carbocycles. The number of aromatic nitrogens is 3. The molecule has 2 aliphatic heterocycles. The van der Waals surface area contributed by atoms with E-state index in [0.29, 0.717) is 56.4 Å². The van der Waals surface area contributed by atoms with E-state index < -0.39 is 0 Å². The SMILES string of the molecule is Nc1c(-c2cccc(O)c2)coc1Nc1ncnc(Nc2occ(-c3cccc(O)c3)c2N)c2cncc1-2. The van der Waals surface area contributed by atoms with E-state index >= 15 is 0 Å². The standard InChI is InChI=1S/C27H21N7O4/c28-22-20(14-3-1-5-16(35)7-14)11-37-26(22)33-24-18-9-30-10-19(18)25(32-13-31-24)34-27-23(29)21(12-38-27)15-4-2-6-17(36)8-15/h1-13,35-36H,28-29H2,(H2,31,32,33,34). The first-order valence-electron chi connectivity index (χ1n) is 11.4. The second-order valence-corrected chi connectivity index (χ2v) is 8.44. The summed E-state index contributed by atoms with van der Waals surface area (Å²) in [6.07, 6.45) is 7.65. The molecule has 0 radical (unpaired) electrons. The Hall–Kier alpha value is -5.71. The average molecular weight is 508 g/mol. The average Bonchev–Trinajstić information content (AvgIpc) is 3.60. The molecule has 0 atom stereocenters. The Kier molecular flexibility index (Phi) is 5.42. The molecule has 0 spiro atoms. The first-order valence-corrected chi connectivity index (χ1v) is 11.4. The van der Waals surface area contributed by atoms with Gasteiger partial charge in [0.15, 0.2) is 0 Å². The fourth-order valence-electron chi connectivity index (χ4n) is 4.12. The van der Waals surface area contributed by atoms with Gasteiger partial charge in [0.05, 0.1) is 0 Å². The minimum atomic E-state index is 0.122.